The summed E-state index contributed by atoms with van der Waals surface area (Å²) >= 11 is 0. The molecule has 0 atom stereocenters. The highest BCUT2D eigenvalue weighted by Crippen LogP contribution is 2.51. The van der Waals surface area contributed by atoms with Crippen LogP contribution >= 0.6 is 0 Å². The van der Waals surface area contributed by atoms with E-state index in [-0.39, 0.29) is 5.41 Å². The van der Waals surface area contributed by atoms with Gasteiger partial charge in [-0.25, -0.2) is 0 Å². The summed E-state index contributed by atoms with van der Waals surface area (Å²) in [6.45, 7) is 4.70. The second kappa shape index (κ2) is 10.4. The van der Waals surface area contributed by atoms with E-state index in [0.29, 0.717) is 0 Å². The molecule has 1 heterocycles. The van der Waals surface area contributed by atoms with Gasteiger partial charge >= 0.3 is 0 Å². The van der Waals surface area contributed by atoms with Gasteiger partial charge in [0.05, 0.1) is 5.69 Å². The Balaban J connectivity index is 1.18. The Kier molecular flexibility index (Phi) is 5.95. The molecule has 10 rings (SSSR count). The first-order valence-corrected chi connectivity index (χ1v) is 17.0. The van der Waals surface area contributed by atoms with E-state index in [0.717, 1.165) is 50.1 Å². The van der Waals surface area contributed by atoms with Crippen molar-refractivity contribution in [3.8, 4) is 22.3 Å². The third-order valence-corrected chi connectivity index (χ3v) is 10.7. The Labute approximate surface area is 285 Å². The zero-order chi connectivity index (χ0) is 32.7. The van der Waals surface area contributed by atoms with E-state index in [4.69, 9.17) is 4.42 Å². The molecule has 2 nitrogen and oxygen atoms in total. The summed E-state index contributed by atoms with van der Waals surface area (Å²) in [5.41, 5.74) is 12.8. The summed E-state index contributed by atoms with van der Waals surface area (Å²) < 4.78 is 6.42. The van der Waals surface area contributed by atoms with Crippen molar-refractivity contribution in [2.45, 2.75) is 19.3 Å². The second-order valence-electron chi connectivity index (χ2n) is 13.7. The SMILES string of the molecule is CC1(C)c2ccccc2-c2ccc(N(c3ccc(-c4cccc5c4oc4ccccc45)cc3)c3cc4ccccc4c4ccccc34)cc21. The lowest BCUT2D eigenvalue weighted by atomic mass is 9.82. The Bertz CT molecular complexity index is 2750. The Morgan fingerprint density at radius 2 is 1.08 bits per heavy atom. The van der Waals surface area contributed by atoms with Gasteiger partial charge in [-0.05, 0) is 80.4 Å². The van der Waals surface area contributed by atoms with E-state index in [9.17, 15) is 0 Å². The number of anilines is 3. The standard InChI is InChI=1S/C47H33NO/c1-47(2)42-20-9-7-15-37(42)38-27-26-33(29-43(38)47)48(44-28-31-12-3-4-13-34(31)36-14-5-6-16-39(36)44)32-24-22-30(23-25-32)35-18-11-19-41-40-17-8-10-21-45(40)49-46(35)41/h3-29H,1-2H3. The van der Waals surface area contributed by atoms with Crippen LogP contribution in [0.4, 0.5) is 17.1 Å². The van der Waals surface area contributed by atoms with Crippen molar-refractivity contribution in [2.24, 2.45) is 0 Å². The van der Waals surface area contributed by atoms with Gasteiger partial charge < -0.3 is 9.32 Å². The van der Waals surface area contributed by atoms with Crippen LogP contribution in [-0.4, -0.2) is 0 Å². The minimum absolute atomic E-state index is 0.103. The van der Waals surface area contributed by atoms with Gasteiger partial charge in [0.2, 0.25) is 0 Å². The average Bonchev–Trinajstić information content (AvgIpc) is 3.64. The molecule has 1 aliphatic rings. The van der Waals surface area contributed by atoms with E-state index in [2.05, 4.69) is 170 Å². The molecule has 2 heteroatoms. The van der Waals surface area contributed by atoms with Gasteiger partial charge in [0.15, 0.2) is 0 Å². The molecule has 0 radical (unpaired) electrons. The first-order chi connectivity index (χ1) is 24.1. The van der Waals surface area contributed by atoms with E-state index in [1.54, 1.807) is 0 Å². The Morgan fingerprint density at radius 3 is 1.94 bits per heavy atom. The van der Waals surface area contributed by atoms with Gasteiger partial charge in [0, 0.05) is 38.5 Å². The fourth-order valence-corrected chi connectivity index (χ4v) is 8.24. The fraction of sp³-hybridized carbons (Fsp3) is 0.0638. The van der Waals surface area contributed by atoms with Crippen molar-refractivity contribution < 1.29 is 4.42 Å². The average molecular weight is 628 g/mol. The second-order valence-corrected chi connectivity index (χ2v) is 13.7. The van der Waals surface area contributed by atoms with Crippen molar-refractivity contribution in [1.82, 2.24) is 0 Å². The molecule has 232 valence electrons. The van der Waals surface area contributed by atoms with Crippen LogP contribution in [0.25, 0.3) is 65.7 Å². The molecule has 0 N–H and O–H groups in total. The maximum Gasteiger partial charge on any atom is 0.143 e. The number of fused-ring (bicyclic) bond motifs is 9. The van der Waals surface area contributed by atoms with Gasteiger partial charge in [-0.15, -0.1) is 0 Å². The molecule has 49 heavy (non-hydrogen) atoms. The smallest absolute Gasteiger partial charge is 0.143 e. The number of para-hydroxylation sites is 2. The van der Waals surface area contributed by atoms with Crippen molar-refractivity contribution in [1.29, 1.82) is 0 Å². The minimum Gasteiger partial charge on any atom is -0.455 e. The summed E-state index contributed by atoms with van der Waals surface area (Å²) in [5.74, 6) is 0. The monoisotopic (exact) mass is 627 g/mol. The largest absolute Gasteiger partial charge is 0.455 e. The fourth-order valence-electron chi connectivity index (χ4n) is 8.24. The minimum atomic E-state index is -0.103. The molecular formula is C47H33NO. The third-order valence-electron chi connectivity index (χ3n) is 10.7. The first-order valence-electron chi connectivity index (χ1n) is 17.0. The predicted octanol–water partition coefficient (Wildman–Crippen LogP) is 13.3. The van der Waals surface area contributed by atoms with Gasteiger partial charge in [-0.3, -0.25) is 0 Å². The zero-order valence-corrected chi connectivity index (χ0v) is 27.4. The van der Waals surface area contributed by atoms with E-state index >= 15 is 0 Å². The molecule has 0 bridgehead atoms. The van der Waals surface area contributed by atoms with Crippen molar-refractivity contribution >= 4 is 60.5 Å². The van der Waals surface area contributed by atoms with Gasteiger partial charge in [0.1, 0.15) is 11.2 Å². The predicted molar refractivity (Wildman–Crippen MR) is 206 cm³/mol. The maximum absolute atomic E-state index is 6.42. The van der Waals surface area contributed by atoms with Crippen molar-refractivity contribution in [3.63, 3.8) is 0 Å². The molecule has 9 aromatic rings. The zero-order valence-electron chi connectivity index (χ0n) is 27.4. The van der Waals surface area contributed by atoms with E-state index in [1.807, 2.05) is 12.1 Å². The maximum atomic E-state index is 6.42. The lowest BCUT2D eigenvalue weighted by molar-refractivity contribution is 0.660. The van der Waals surface area contributed by atoms with Gasteiger partial charge in [-0.2, -0.15) is 0 Å². The molecule has 0 amide bonds. The molecule has 0 aliphatic heterocycles. The Hall–Kier alpha value is -6.12. The van der Waals surface area contributed by atoms with Crippen LogP contribution in [0.1, 0.15) is 25.0 Å². The molecule has 0 saturated heterocycles. The van der Waals surface area contributed by atoms with Crippen LogP contribution in [-0.2, 0) is 5.41 Å². The number of hydrogen-bond acceptors (Lipinski definition) is 2. The number of furan rings is 1. The third kappa shape index (κ3) is 4.14. The molecule has 0 unspecified atom stereocenters. The quantitative estimate of drug-likeness (QED) is 0.181. The van der Waals surface area contributed by atoms with Crippen molar-refractivity contribution in [3.05, 3.63) is 175 Å². The molecule has 8 aromatic carbocycles. The molecule has 0 saturated carbocycles. The lowest BCUT2D eigenvalue weighted by Crippen LogP contribution is -2.16. The number of rotatable bonds is 4. The van der Waals surface area contributed by atoms with Crippen molar-refractivity contribution in [2.75, 3.05) is 4.90 Å². The molecule has 0 spiro atoms. The number of nitrogens with zero attached hydrogens (tertiary/aromatic N) is 1. The van der Waals surface area contributed by atoms with E-state index in [1.165, 1.54) is 43.8 Å². The topological polar surface area (TPSA) is 16.4 Å². The van der Waals surface area contributed by atoms with Crippen LogP contribution in [0.3, 0.4) is 0 Å². The van der Waals surface area contributed by atoms with Gasteiger partial charge in [-0.1, -0.05) is 141 Å². The highest BCUT2D eigenvalue weighted by Gasteiger charge is 2.35. The van der Waals surface area contributed by atoms with Crippen LogP contribution < -0.4 is 4.90 Å². The molecule has 1 aromatic heterocycles. The summed E-state index contributed by atoms with van der Waals surface area (Å²) in [4.78, 5) is 2.44. The molecule has 1 aliphatic carbocycles. The molecule has 0 fully saturated rings. The van der Waals surface area contributed by atoms with Gasteiger partial charge in [0.25, 0.3) is 0 Å². The lowest BCUT2D eigenvalue weighted by Gasteiger charge is -2.29. The normalized spacial score (nSPS) is 13.3. The summed E-state index contributed by atoms with van der Waals surface area (Å²) in [6.07, 6.45) is 0. The van der Waals surface area contributed by atoms with Crippen LogP contribution in [0, 0.1) is 0 Å². The summed E-state index contributed by atoms with van der Waals surface area (Å²) in [6, 6.07) is 59.5. The number of hydrogen-bond donors (Lipinski definition) is 0. The number of benzene rings is 8. The summed E-state index contributed by atoms with van der Waals surface area (Å²) in [7, 11) is 0. The Morgan fingerprint density at radius 1 is 0.449 bits per heavy atom. The first kappa shape index (κ1) is 27.9. The van der Waals surface area contributed by atoms with E-state index < -0.39 is 0 Å². The highest BCUT2D eigenvalue weighted by atomic mass is 16.3. The van der Waals surface area contributed by atoms with Crippen LogP contribution in [0.2, 0.25) is 0 Å². The summed E-state index contributed by atoms with van der Waals surface area (Å²) in [5, 5.41) is 7.25. The van der Waals surface area contributed by atoms with Crippen LogP contribution in [0.5, 0.6) is 0 Å². The molecular weight excluding hydrogens is 595 g/mol. The highest BCUT2D eigenvalue weighted by molar-refractivity contribution is 6.15. The van der Waals surface area contributed by atoms with Crippen LogP contribution in [0.15, 0.2) is 168 Å².